The van der Waals surface area contributed by atoms with Crippen LogP contribution >= 0.6 is 0 Å². The number of nitrogens with zero attached hydrogens (tertiary/aromatic N) is 2. The lowest BCUT2D eigenvalue weighted by molar-refractivity contribution is 0.135. The third-order valence-corrected chi connectivity index (χ3v) is 4.16. The molecule has 4 bridgehead atoms. The monoisotopic (exact) mass is 356 g/mol. The minimum absolute atomic E-state index is 0.0496. The van der Waals surface area contributed by atoms with E-state index in [1.54, 1.807) is 24.3 Å². The van der Waals surface area contributed by atoms with Crippen LogP contribution in [0.1, 0.15) is 19.0 Å². The summed E-state index contributed by atoms with van der Waals surface area (Å²) in [6.07, 6.45) is -0.313. The quantitative estimate of drug-likeness (QED) is 0.646. The molecule has 0 spiro atoms. The molecular formula is C18H17FN4O3. The SMILES string of the molecule is C[C@@H]1CCNC(=O)OCc2cccc(n2)-c2n[nH]c3cc(F)c(cc23)O1. The number of benzene rings is 1. The molecule has 26 heavy (non-hydrogen) atoms. The maximum atomic E-state index is 14.3. The van der Waals surface area contributed by atoms with Crippen molar-refractivity contribution in [2.24, 2.45) is 0 Å². The maximum Gasteiger partial charge on any atom is 0.407 e. The van der Waals surface area contributed by atoms with Gasteiger partial charge in [0.2, 0.25) is 0 Å². The van der Waals surface area contributed by atoms with Crippen molar-refractivity contribution >= 4 is 17.0 Å². The summed E-state index contributed by atoms with van der Waals surface area (Å²) in [7, 11) is 0. The number of aromatic nitrogens is 3. The number of rotatable bonds is 0. The Bertz CT molecular complexity index is 972. The van der Waals surface area contributed by atoms with Crippen molar-refractivity contribution in [1.82, 2.24) is 20.5 Å². The summed E-state index contributed by atoms with van der Waals surface area (Å²) in [5, 5.41) is 10.4. The van der Waals surface area contributed by atoms with Crippen LogP contribution in [0.25, 0.3) is 22.3 Å². The average Bonchev–Trinajstić information content (AvgIpc) is 3.02. The number of carbonyl (C=O) groups excluding carboxylic acids is 1. The topological polar surface area (TPSA) is 89.1 Å². The van der Waals surface area contributed by atoms with E-state index >= 15 is 0 Å². The molecule has 2 aromatic heterocycles. The summed E-state index contributed by atoms with van der Waals surface area (Å²) in [5.41, 5.74) is 2.33. The van der Waals surface area contributed by atoms with E-state index in [-0.39, 0.29) is 18.5 Å². The van der Waals surface area contributed by atoms with Gasteiger partial charge in [-0.3, -0.25) is 5.10 Å². The Hall–Kier alpha value is -3.16. The number of alkyl carbamates (subject to hydrolysis) is 1. The third kappa shape index (κ3) is 3.17. The fourth-order valence-electron chi connectivity index (χ4n) is 2.84. The highest BCUT2D eigenvalue weighted by Gasteiger charge is 2.17. The molecule has 0 fully saturated rings. The summed E-state index contributed by atoms with van der Waals surface area (Å²) in [6.45, 7) is 2.22. The molecule has 8 heteroatoms. The van der Waals surface area contributed by atoms with Crippen molar-refractivity contribution < 1.29 is 18.7 Å². The molecule has 1 aliphatic heterocycles. The number of carbonyl (C=O) groups is 1. The highest BCUT2D eigenvalue weighted by Crippen LogP contribution is 2.31. The first-order valence-electron chi connectivity index (χ1n) is 8.31. The number of nitrogens with one attached hydrogen (secondary N) is 2. The fraction of sp³-hybridized carbons (Fsp3) is 0.278. The van der Waals surface area contributed by atoms with Crippen molar-refractivity contribution in [2.45, 2.75) is 26.1 Å². The van der Waals surface area contributed by atoms with E-state index in [2.05, 4.69) is 20.5 Å². The van der Waals surface area contributed by atoms with Gasteiger partial charge in [-0.05, 0) is 25.1 Å². The van der Waals surface area contributed by atoms with Gasteiger partial charge in [0.1, 0.15) is 12.3 Å². The number of ether oxygens (including phenoxy) is 2. The van der Waals surface area contributed by atoms with Crippen molar-refractivity contribution in [2.75, 3.05) is 6.54 Å². The minimum atomic E-state index is -0.534. The number of hydrogen-bond donors (Lipinski definition) is 2. The molecule has 3 aromatic rings. The predicted octanol–water partition coefficient (Wildman–Crippen LogP) is 3.16. The molecule has 0 aliphatic carbocycles. The van der Waals surface area contributed by atoms with Gasteiger partial charge in [0.25, 0.3) is 0 Å². The number of fused-ring (bicyclic) bond motifs is 4. The molecular weight excluding hydrogens is 339 g/mol. The van der Waals surface area contributed by atoms with Crippen LogP contribution in [0.15, 0.2) is 30.3 Å². The zero-order chi connectivity index (χ0) is 18.1. The van der Waals surface area contributed by atoms with Gasteiger partial charge < -0.3 is 14.8 Å². The summed E-state index contributed by atoms with van der Waals surface area (Å²) in [5.74, 6) is -0.334. The second-order valence-electron chi connectivity index (χ2n) is 6.13. The standard InChI is InChI=1S/C18H17FN4O3/c1-10-5-6-20-18(24)25-9-11-3-2-4-14(21-11)17-12-7-16(26-10)13(19)8-15(12)22-23-17/h2-4,7-8,10H,5-6,9H2,1H3,(H,20,24)(H,22,23)/t10-/m1/s1. The Morgan fingerprint density at radius 3 is 3.08 bits per heavy atom. The zero-order valence-electron chi connectivity index (χ0n) is 14.1. The van der Waals surface area contributed by atoms with Crippen LogP contribution in [0.2, 0.25) is 0 Å². The van der Waals surface area contributed by atoms with Crippen molar-refractivity contribution in [3.05, 3.63) is 41.8 Å². The highest BCUT2D eigenvalue weighted by molar-refractivity contribution is 5.93. The molecule has 1 aromatic carbocycles. The molecule has 0 saturated heterocycles. The number of H-pyrrole nitrogens is 1. The van der Waals surface area contributed by atoms with Crippen LogP contribution < -0.4 is 10.1 Å². The van der Waals surface area contributed by atoms with E-state index in [1.807, 2.05) is 6.92 Å². The summed E-state index contributed by atoms with van der Waals surface area (Å²) < 4.78 is 25.2. The third-order valence-electron chi connectivity index (χ3n) is 4.16. The van der Waals surface area contributed by atoms with E-state index in [4.69, 9.17) is 9.47 Å². The first-order chi connectivity index (χ1) is 12.6. The van der Waals surface area contributed by atoms with Crippen LogP contribution in [0.5, 0.6) is 5.75 Å². The van der Waals surface area contributed by atoms with Gasteiger partial charge >= 0.3 is 6.09 Å². The number of aromatic amines is 1. The van der Waals surface area contributed by atoms with E-state index in [9.17, 15) is 9.18 Å². The Kier molecular flexibility index (Phi) is 4.16. The molecule has 1 amide bonds. The maximum absolute atomic E-state index is 14.3. The van der Waals surface area contributed by atoms with Crippen molar-refractivity contribution in [3.63, 3.8) is 0 Å². The molecule has 3 heterocycles. The smallest absolute Gasteiger partial charge is 0.407 e. The second-order valence-corrected chi connectivity index (χ2v) is 6.13. The minimum Gasteiger partial charge on any atom is -0.488 e. The van der Waals surface area contributed by atoms with Crippen LogP contribution in [0.3, 0.4) is 0 Å². The van der Waals surface area contributed by atoms with E-state index < -0.39 is 11.9 Å². The number of cyclic esters (lactones) is 1. The van der Waals surface area contributed by atoms with Gasteiger partial charge in [-0.15, -0.1) is 0 Å². The van der Waals surface area contributed by atoms with Crippen molar-refractivity contribution in [3.8, 4) is 17.1 Å². The summed E-state index contributed by atoms with van der Waals surface area (Å²) in [6, 6.07) is 8.36. The Labute approximate surface area is 148 Å². The van der Waals surface area contributed by atoms with E-state index in [0.717, 1.165) is 0 Å². The lowest BCUT2D eigenvalue weighted by Gasteiger charge is -2.15. The van der Waals surface area contributed by atoms with E-state index in [1.165, 1.54) is 6.07 Å². The van der Waals surface area contributed by atoms with E-state index in [0.29, 0.717) is 41.0 Å². The Morgan fingerprint density at radius 2 is 2.19 bits per heavy atom. The molecule has 0 radical (unpaired) electrons. The van der Waals surface area contributed by atoms with Crippen LogP contribution in [0.4, 0.5) is 9.18 Å². The van der Waals surface area contributed by atoms with Crippen LogP contribution in [-0.2, 0) is 11.3 Å². The molecule has 1 atom stereocenters. The molecule has 1 aliphatic rings. The Morgan fingerprint density at radius 1 is 1.31 bits per heavy atom. The number of halogens is 1. The van der Waals surface area contributed by atoms with Gasteiger partial charge in [-0.2, -0.15) is 5.10 Å². The van der Waals surface area contributed by atoms with Gasteiger partial charge in [-0.25, -0.2) is 14.2 Å². The normalized spacial score (nSPS) is 17.8. The summed E-state index contributed by atoms with van der Waals surface area (Å²) >= 11 is 0. The predicted molar refractivity (Wildman–Crippen MR) is 92.2 cm³/mol. The first-order valence-corrected chi connectivity index (χ1v) is 8.31. The van der Waals surface area contributed by atoms with Gasteiger partial charge in [-0.1, -0.05) is 6.07 Å². The fourth-order valence-corrected chi connectivity index (χ4v) is 2.84. The zero-order valence-corrected chi connectivity index (χ0v) is 14.1. The number of hydrogen-bond acceptors (Lipinski definition) is 5. The van der Waals surface area contributed by atoms with Gasteiger partial charge in [0.15, 0.2) is 11.6 Å². The molecule has 2 N–H and O–H groups in total. The average molecular weight is 356 g/mol. The number of amides is 1. The highest BCUT2D eigenvalue weighted by atomic mass is 19.1. The van der Waals surface area contributed by atoms with Crippen LogP contribution in [0, 0.1) is 5.82 Å². The lowest BCUT2D eigenvalue weighted by Crippen LogP contribution is -2.28. The van der Waals surface area contributed by atoms with Gasteiger partial charge in [0, 0.05) is 24.4 Å². The second kappa shape index (κ2) is 6.62. The largest absolute Gasteiger partial charge is 0.488 e. The molecule has 0 unspecified atom stereocenters. The molecule has 134 valence electrons. The number of pyridine rings is 1. The Balaban J connectivity index is 1.82. The lowest BCUT2D eigenvalue weighted by atomic mass is 10.1. The summed E-state index contributed by atoms with van der Waals surface area (Å²) in [4.78, 5) is 16.2. The first kappa shape index (κ1) is 16.3. The van der Waals surface area contributed by atoms with Crippen molar-refractivity contribution in [1.29, 1.82) is 0 Å². The van der Waals surface area contributed by atoms with Gasteiger partial charge in [0.05, 0.1) is 23.0 Å². The molecule has 7 nitrogen and oxygen atoms in total. The van der Waals surface area contributed by atoms with Crippen LogP contribution in [-0.4, -0.2) is 33.9 Å². The molecule has 0 saturated carbocycles. The molecule has 4 rings (SSSR count).